The number of nitrogens with zero attached hydrogens (tertiary/aromatic N) is 2. The molecule has 0 saturated heterocycles. The molecular weight excluding hydrogens is 301 g/mol. The second-order valence-electron chi connectivity index (χ2n) is 3.41. The molecule has 18 heavy (non-hydrogen) atoms. The van der Waals surface area contributed by atoms with Crippen molar-refractivity contribution in [3.05, 3.63) is 46.3 Å². The monoisotopic (exact) mass is 307 g/mol. The predicted octanol–water partition coefficient (Wildman–Crippen LogP) is 3.23. The Labute approximate surface area is 111 Å². The number of nitriles is 1. The van der Waals surface area contributed by atoms with Crippen LogP contribution in [0, 0.1) is 17.1 Å². The largest absolute Gasteiger partial charge is 0.434 e. The topological polar surface area (TPSA) is 71.9 Å². The lowest BCUT2D eigenvalue weighted by atomic mass is 10.3. The Kier molecular flexibility index (Phi) is 3.44. The molecule has 2 aromatic rings. The fourth-order valence-electron chi connectivity index (χ4n) is 1.28. The fraction of sp³-hybridized carbons (Fsp3) is 0. The minimum atomic E-state index is -0.524. The van der Waals surface area contributed by atoms with E-state index in [1.54, 1.807) is 6.07 Å². The summed E-state index contributed by atoms with van der Waals surface area (Å²) in [4.78, 5) is 3.86. The molecule has 1 heterocycles. The summed E-state index contributed by atoms with van der Waals surface area (Å²) in [5.41, 5.74) is 6.15. The number of nitrogen functional groups attached to an aromatic ring is 1. The second-order valence-corrected chi connectivity index (χ2v) is 4.32. The van der Waals surface area contributed by atoms with Crippen molar-refractivity contribution < 1.29 is 9.13 Å². The van der Waals surface area contributed by atoms with Gasteiger partial charge in [-0.2, -0.15) is 5.26 Å². The molecule has 0 aliphatic rings. The summed E-state index contributed by atoms with van der Waals surface area (Å²) in [5, 5.41) is 8.67. The number of ether oxygens (including phenoxy) is 1. The number of rotatable bonds is 2. The third-order valence-corrected chi connectivity index (χ3v) is 2.60. The molecule has 2 N–H and O–H groups in total. The first-order valence-electron chi connectivity index (χ1n) is 4.88. The zero-order valence-corrected chi connectivity index (χ0v) is 10.6. The molecule has 0 aliphatic carbocycles. The average Bonchev–Trinajstić information content (AvgIpc) is 2.36. The van der Waals surface area contributed by atoms with Crippen molar-refractivity contribution in [2.75, 3.05) is 5.73 Å². The van der Waals surface area contributed by atoms with Crippen molar-refractivity contribution in [3.63, 3.8) is 0 Å². The van der Waals surface area contributed by atoms with E-state index in [-0.39, 0.29) is 17.3 Å². The van der Waals surface area contributed by atoms with E-state index >= 15 is 0 Å². The first kappa shape index (κ1) is 12.3. The number of hydrogen-bond acceptors (Lipinski definition) is 4. The summed E-state index contributed by atoms with van der Waals surface area (Å²) in [5.74, 6) is -0.456. The van der Waals surface area contributed by atoms with Crippen LogP contribution in [0.3, 0.4) is 0 Å². The number of pyridine rings is 1. The Morgan fingerprint density at radius 1 is 1.39 bits per heavy atom. The number of anilines is 1. The van der Waals surface area contributed by atoms with Crippen molar-refractivity contribution in [1.29, 1.82) is 5.26 Å². The van der Waals surface area contributed by atoms with Crippen molar-refractivity contribution in [1.82, 2.24) is 4.98 Å². The second kappa shape index (κ2) is 5.02. The molecule has 0 saturated carbocycles. The summed E-state index contributed by atoms with van der Waals surface area (Å²) >= 11 is 3.21. The van der Waals surface area contributed by atoms with Crippen molar-refractivity contribution in [3.8, 4) is 17.7 Å². The summed E-state index contributed by atoms with van der Waals surface area (Å²) in [6.07, 6.45) is 1.31. The van der Waals surface area contributed by atoms with E-state index in [0.717, 1.165) is 0 Å². The summed E-state index contributed by atoms with van der Waals surface area (Å²) in [7, 11) is 0. The fourth-order valence-corrected chi connectivity index (χ4v) is 1.62. The minimum Gasteiger partial charge on any atom is -0.434 e. The first-order valence-corrected chi connectivity index (χ1v) is 5.68. The molecule has 4 nitrogen and oxygen atoms in total. The lowest BCUT2D eigenvalue weighted by Crippen LogP contribution is -1.97. The molecule has 0 amide bonds. The van der Waals surface area contributed by atoms with Crippen LogP contribution < -0.4 is 10.5 Å². The van der Waals surface area contributed by atoms with Crippen LogP contribution in [0.15, 0.2) is 34.9 Å². The third-order valence-electron chi connectivity index (χ3n) is 2.11. The minimum absolute atomic E-state index is 0.00767. The number of aromatic nitrogens is 1. The zero-order valence-electron chi connectivity index (χ0n) is 9.02. The van der Waals surface area contributed by atoms with Gasteiger partial charge in [-0.25, -0.2) is 9.37 Å². The Morgan fingerprint density at radius 2 is 2.17 bits per heavy atom. The van der Waals surface area contributed by atoms with E-state index in [1.165, 1.54) is 24.4 Å². The van der Waals surface area contributed by atoms with E-state index in [9.17, 15) is 4.39 Å². The van der Waals surface area contributed by atoms with Crippen molar-refractivity contribution in [2.24, 2.45) is 0 Å². The van der Waals surface area contributed by atoms with Crippen LogP contribution >= 0.6 is 15.9 Å². The maximum atomic E-state index is 13.5. The van der Waals surface area contributed by atoms with E-state index in [1.807, 2.05) is 6.07 Å². The van der Waals surface area contributed by atoms with Crippen LogP contribution in [0.2, 0.25) is 0 Å². The van der Waals surface area contributed by atoms with Gasteiger partial charge in [-0.15, -0.1) is 0 Å². The van der Waals surface area contributed by atoms with Gasteiger partial charge in [0.05, 0.1) is 11.3 Å². The lowest BCUT2D eigenvalue weighted by Gasteiger charge is -2.08. The maximum Gasteiger partial charge on any atom is 0.242 e. The van der Waals surface area contributed by atoms with Crippen LogP contribution in [0.4, 0.5) is 10.1 Å². The molecule has 1 aromatic carbocycles. The quantitative estimate of drug-likeness (QED) is 0.924. The Balaban J connectivity index is 2.34. The van der Waals surface area contributed by atoms with Crippen LogP contribution in [0.1, 0.15) is 5.56 Å². The number of nitrogens with two attached hydrogens (primary N) is 1. The SMILES string of the molecule is N#Cc1cnc(Oc2cc(Br)ccc2F)c(N)c1. The Morgan fingerprint density at radius 3 is 2.83 bits per heavy atom. The highest BCUT2D eigenvalue weighted by Crippen LogP contribution is 2.29. The number of halogens is 2. The molecule has 0 spiro atoms. The lowest BCUT2D eigenvalue weighted by molar-refractivity contribution is 0.429. The number of benzene rings is 1. The van der Waals surface area contributed by atoms with Crippen LogP contribution in [-0.2, 0) is 0 Å². The summed E-state index contributed by atoms with van der Waals surface area (Å²) < 4.78 is 19.4. The van der Waals surface area contributed by atoms with Gasteiger partial charge in [-0.3, -0.25) is 0 Å². The number of hydrogen-bond donors (Lipinski definition) is 1. The molecule has 0 radical (unpaired) electrons. The molecule has 0 fully saturated rings. The molecule has 90 valence electrons. The molecule has 2 rings (SSSR count). The molecule has 6 heteroatoms. The van der Waals surface area contributed by atoms with E-state index < -0.39 is 5.82 Å². The van der Waals surface area contributed by atoms with Gasteiger partial charge in [-0.05, 0) is 24.3 Å². The molecule has 0 bridgehead atoms. The predicted molar refractivity (Wildman–Crippen MR) is 67.5 cm³/mol. The molecule has 0 atom stereocenters. The van der Waals surface area contributed by atoms with E-state index in [0.29, 0.717) is 10.0 Å². The Bertz CT molecular complexity index is 640. The van der Waals surface area contributed by atoms with Crippen molar-refractivity contribution in [2.45, 2.75) is 0 Å². The normalized spacial score (nSPS) is 9.83. The molecular formula is C12H7BrFN3O. The van der Waals surface area contributed by atoms with E-state index in [2.05, 4.69) is 20.9 Å². The van der Waals surface area contributed by atoms with Gasteiger partial charge in [0.1, 0.15) is 6.07 Å². The van der Waals surface area contributed by atoms with Crippen LogP contribution in [0.5, 0.6) is 11.6 Å². The van der Waals surface area contributed by atoms with Gasteiger partial charge in [0.25, 0.3) is 0 Å². The van der Waals surface area contributed by atoms with Crippen molar-refractivity contribution >= 4 is 21.6 Å². The van der Waals surface area contributed by atoms with E-state index in [4.69, 9.17) is 15.7 Å². The van der Waals surface area contributed by atoms with Gasteiger partial charge in [-0.1, -0.05) is 15.9 Å². The first-order chi connectivity index (χ1) is 8.60. The average molecular weight is 308 g/mol. The summed E-state index contributed by atoms with van der Waals surface area (Å²) in [6, 6.07) is 7.60. The van der Waals surface area contributed by atoms with Gasteiger partial charge in [0, 0.05) is 10.7 Å². The highest BCUT2D eigenvalue weighted by atomic mass is 79.9. The van der Waals surface area contributed by atoms with Gasteiger partial charge >= 0.3 is 0 Å². The van der Waals surface area contributed by atoms with Gasteiger partial charge in [0.2, 0.25) is 5.88 Å². The Hall–Kier alpha value is -2.13. The highest BCUT2D eigenvalue weighted by molar-refractivity contribution is 9.10. The maximum absolute atomic E-state index is 13.5. The highest BCUT2D eigenvalue weighted by Gasteiger charge is 2.09. The summed E-state index contributed by atoms with van der Waals surface area (Å²) in [6.45, 7) is 0. The van der Waals surface area contributed by atoms with Gasteiger partial charge < -0.3 is 10.5 Å². The zero-order chi connectivity index (χ0) is 13.1. The smallest absolute Gasteiger partial charge is 0.242 e. The van der Waals surface area contributed by atoms with Gasteiger partial charge in [0.15, 0.2) is 11.6 Å². The third kappa shape index (κ3) is 2.57. The standard InChI is InChI=1S/C12H7BrFN3O/c13-8-1-2-9(14)11(4-8)18-12-10(16)3-7(5-15)6-17-12/h1-4,6H,16H2. The molecule has 0 unspecified atom stereocenters. The van der Waals surface area contributed by atoms with Crippen LogP contribution in [-0.4, -0.2) is 4.98 Å². The van der Waals surface area contributed by atoms with Crippen LogP contribution in [0.25, 0.3) is 0 Å². The molecule has 1 aromatic heterocycles. The molecule has 0 aliphatic heterocycles.